The van der Waals surface area contributed by atoms with Crippen LogP contribution in [0.15, 0.2) is 30.3 Å². The normalized spacial score (nSPS) is 14.6. The van der Waals surface area contributed by atoms with Crippen LogP contribution in [0.25, 0.3) is 0 Å². The summed E-state index contributed by atoms with van der Waals surface area (Å²) in [6.07, 6.45) is 1.86. The molecule has 0 radical (unpaired) electrons. The van der Waals surface area contributed by atoms with Gasteiger partial charge in [0.1, 0.15) is 11.9 Å². The highest BCUT2D eigenvalue weighted by molar-refractivity contribution is 7.89. The van der Waals surface area contributed by atoms with Crippen molar-refractivity contribution in [2.45, 2.75) is 39.7 Å². The molecule has 0 aliphatic carbocycles. The van der Waals surface area contributed by atoms with Gasteiger partial charge in [0.05, 0.1) is 5.75 Å². The molecule has 0 bridgehead atoms. The number of nitrogens with zero attached hydrogens (tertiary/aromatic N) is 2. The summed E-state index contributed by atoms with van der Waals surface area (Å²) >= 11 is 0. The second-order valence-electron chi connectivity index (χ2n) is 5.92. The van der Waals surface area contributed by atoms with Crippen molar-refractivity contribution in [3.63, 3.8) is 0 Å². The smallest absolute Gasteiger partial charge is 0.212 e. The summed E-state index contributed by atoms with van der Waals surface area (Å²) in [4.78, 5) is 4.29. The van der Waals surface area contributed by atoms with Gasteiger partial charge in [0.15, 0.2) is 5.82 Å². The van der Waals surface area contributed by atoms with Crippen molar-refractivity contribution in [1.29, 1.82) is 0 Å². The molecule has 0 saturated heterocycles. The number of H-pyrrole nitrogens is 1. The van der Waals surface area contributed by atoms with Crippen molar-refractivity contribution in [3.05, 3.63) is 47.5 Å². The maximum Gasteiger partial charge on any atom is 0.212 e. The van der Waals surface area contributed by atoms with E-state index in [0.717, 1.165) is 18.4 Å². The van der Waals surface area contributed by atoms with Gasteiger partial charge in [-0.3, -0.25) is 5.10 Å². The Morgan fingerprint density at radius 3 is 2.52 bits per heavy atom. The van der Waals surface area contributed by atoms with Crippen LogP contribution in [-0.4, -0.2) is 29.4 Å². The Morgan fingerprint density at radius 1 is 1.26 bits per heavy atom. The highest BCUT2D eigenvalue weighted by Gasteiger charge is 2.25. The Kier molecular flexibility index (Phi) is 5.90. The first-order chi connectivity index (χ1) is 10.9. The van der Waals surface area contributed by atoms with Crippen LogP contribution in [-0.2, 0) is 10.0 Å². The van der Waals surface area contributed by atoms with Crippen LogP contribution in [0.3, 0.4) is 0 Å². The number of nitrogens with one attached hydrogen (secondary N) is 2. The Hall–Kier alpha value is -1.73. The Labute approximate surface area is 137 Å². The van der Waals surface area contributed by atoms with Crippen LogP contribution in [0, 0.1) is 12.8 Å². The lowest BCUT2D eigenvalue weighted by atomic mass is 10.1. The molecule has 0 unspecified atom stereocenters. The van der Waals surface area contributed by atoms with Crippen molar-refractivity contribution in [2.75, 3.05) is 5.75 Å². The molecule has 2 aromatic rings. The summed E-state index contributed by atoms with van der Waals surface area (Å²) in [5.74, 6) is 1.30. The van der Waals surface area contributed by atoms with Gasteiger partial charge in [-0.25, -0.2) is 13.4 Å². The predicted molar refractivity (Wildman–Crippen MR) is 90.4 cm³/mol. The molecule has 0 aliphatic rings. The van der Waals surface area contributed by atoms with Crippen molar-refractivity contribution in [3.8, 4) is 0 Å². The van der Waals surface area contributed by atoms with Crippen LogP contribution in [0.5, 0.6) is 0 Å². The minimum Gasteiger partial charge on any atom is -0.263 e. The van der Waals surface area contributed by atoms with Crippen LogP contribution in [0.2, 0.25) is 0 Å². The first kappa shape index (κ1) is 17.6. The fourth-order valence-electron chi connectivity index (χ4n) is 2.58. The van der Waals surface area contributed by atoms with E-state index in [1.807, 2.05) is 37.3 Å². The molecule has 23 heavy (non-hydrogen) atoms. The van der Waals surface area contributed by atoms with Gasteiger partial charge in [0.2, 0.25) is 10.0 Å². The van der Waals surface area contributed by atoms with E-state index in [2.05, 4.69) is 26.8 Å². The number of aromatic nitrogens is 3. The lowest BCUT2D eigenvalue weighted by molar-refractivity contribution is 0.528. The van der Waals surface area contributed by atoms with Gasteiger partial charge in [-0.15, -0.1) is 0 Å². The average Bonchev–Trinajstić information content (AvgIpc) is 2.92. The lowest BCUT2D eigenvalue weighted by Gasteiger charge is -2.18. The topological polar surface area (TPSA) is 87.7 Å². The Morgan fingerprint density at radius 2 is 1.96 bits per heavy atom. The molecule has 0 amide bonds. The van der Waals surface area contributed by atoms with Crippen molar-refractivity contribution >= 4 is 10.0 Å². The summed E-state index contributed by atoms with van der Waals surface area (Å²) in [5, 5.41) is 6.90. The summed E-state index contributed by atoms with van der Waals surface area (Å²) in [7, 11) is -3.43. The summed E-state index contributed by atoms with van der Waals surface area (Å²) in [6.45, 7) is 5.80. The zero-order valence-corrected chi connectivity index (χ0v) is 14.6. The Bertz CT molecular complexity index is 713. The van der Waals surface area contributed by atoms with Gasteiger partial charge >= 0.3 is 0 Å². The van der Waals surface area contributed by atoms with E-state index in [4.69, 9.17) is 0 Å². The molecule has 0 aliphatic heterocycles. The molecular weight excluding hydrogens is 312 g/mol. The molecule has 126 valence electrons. The molecule has 1 aromatic heterocycles. The third-order valence-electron chi connectivity index (χ3n) is 3.59. The van der Waals surface area contributed by atoms with Gasteiger partial charge in [0, 0.05) is 0 Å². The van der Waals surface area contributed by atoms with Crippen LogP contribution < -0.4 is 4.72 Å². The minimum atomic E-state index is -3.43. The maximum atomic E-state index is 12.5. The monoisotopic (exact) mass is 336 g/mol. The molecule has 1 aromatic carbocycles. The van der Waals surface area contributed by atoms with E-state index >= 15 is 0 Å². The number of hydrogen-bond donors (Lipinski definition) is 2. The van der Waals surface area contributed by atoms with E-state index in [1.54, 1.807) is 6.92 Å². The van der Waals surface area contributed by atoms with Gasteiger partial charge in [-0.05, 0) is 24.8 Å². The number of hydrogen-bond acceptors (Lipinski definition) is 4. The van der Waals surface area contributed by atoms with Gasteiger partial charge in [-0.1, -0.05) is 50.6 Å². The Balaban J connectivity index is 2.25. The van der Waals surface area contributed by atoms with E-state index in [-0.39, 0.29) is 11.7 Å². The van der Waals surface area contributed by atoms with Crippen molar-refractivity contribution in [1.82, 2.24) is 19.9 Å². The predicted octanol–water partition coefficient (Wildman–Crippen LogP) is 2.56. The third kappa shape index (κ3) is 5.14. The molecule has 2 atom stereocenters. The second kappa shape index (κ2) is 7.70. The molecular formula is C16H24N4O2S. The quantitative estimate of drug-likeness (QED) is 0.775. The summed E-state index contributed by atoms with van der Waals surface area (Å²) < 4.78 is 27.8. The average molecular weight is 336 g/mol. The van der Waals surface area contributed by atoms with E-state index in [9.17, 15) is 8.42 Å². The molecule has 2 rings (SSSR count). The summed E-state index contributed by atoms with van der Waals surface area (Å²) in [5.41, 5.74) is 0.818. The van der Waals surface area contributed by atoms with E-state index in [0.29, 0.717) is 11.6 Å². The molecule has 2 N–H and O–H groups in total. The van der Waals surface area contributed by atoms with E-state index in [1.165, 1.54) is 0 Å². The zero-order chi connectivity index (χ0) is 16.9. The van der Waals surface area contributed by atoms with Crippen LogP contribution in [0.1, 0.15) is 49.9 Å². The SMILES string of the molecule is CCC[C@H](C)CS(=O)(=O)N[C@@H](c1ccccc1)c1n[nH]c(C)n1. The van der Waals surface area contributed by atoms with Gasteiger partial charge < -0.3 is 0 Å². The molecule has 0 fully saturated rings. The fourth-order valence-corrected chi connectivity index (χ4v) is 4.20. The van der Waals surface area contributed by atoms with Crippen molar-refractivity contribution < 1.29 is 8.42 Å². The molecule has 1 heterocycles. The maximum absolute atomic E-state index is 12.5. The fraction of sp³-hybridized carbons (Fsp3) is 0.500. The van der Waals surface area contributed by atoms with Crippen LogP contribution in [0.4, 0.5) is 0 Å². The van der Waals surface area contributed by atoms with Gasteiger partial charge in [-0.2, -0.15) is 9.82 Å². The highest BCUT2D eigenvalue weighted by Crippen LogP contribution is 2.21. The summed E-state index contributed by atoms with van der Waals surface area (Å²) in [6, 6.07) is 8.79. The van der Waals surface area contributed by atoms with Gasteiger partial charge in [0.25, 0.3) is 0 Å². The number of aromatic amines is 1. The highest BCUT2D eigenvalue weighted by atomic mass is 32.2. The molecule has 0 spiro atoms. The number of rotatable bonds is 8. The third-order valence-corrected chi connectivity index (χ3v) is 5.19. The van der Waals surface area contributed by atoms with Crippen LogP contribution >= 0.6 is 0 Å². The number of sulfonamides is 1. The first-order valence-electron chi connectivity index (χ1n) is 7.85. The number of benzene rings is 1. The van der Waals surface area contributed by atoms with E-state index < -0.39 is 16.1 Å². The molecule has 7 heteroatoms. The number of aryl methyl sites for hydroxylation is 1. The molecule has 0 saturated carbocycles. The lowest BCUT2D eigenvalue weighted by Crippen LogP contribution is -2.34. The standard InChI is InChI=1S/C16H24N4O2S/c1-4-8-12(2)11-23(21,22)20-15(14-9-6-5-7-10-14)16-17-13(3)18-19-16/h5-7,9-10,12,15,20H,4,8,11H2,1-3H3,(H,17,18,19)/t12-,15-/m0/s1. The largest absolute Gasteiger partial charge is 0.263 e. The minimum absolute atomic E-state index is 0.105. The van der Waals surface area contributed by atoms with Crippen molar-refractivity contribution in [2.24, 2.45) is 5.92 Å². The molecule has 6 nitrogen and oxygen atoms in total. The second-order valence-corrected chi connectivity index (χ2v) is 7.71. The first-order valence-corrected chi connectivity index (χ1v) is 9.50. The zero-order valence-electron chi connectivity index (χ0n) is 13.8.